The van der Waals surface area contributed by atoms with Crippen molar-refractivity contribution >= 4 is 5.97 Å². The van der Waals surface area contributed by atoms with Gasteiger partial charge in [0, 0.05) is 19.2 Å². The molecule has 0 amide bonds. The fourth-order valence-corrected chi connectivity index (χ4v) is 1.66. The molecular weight excluding hydrogens is 194 g/mol. The lowest BCUT2D eigenvalue weighted by molar-refractivity contribution is -0.145. The van der Waals surface area contributed by atoms with Gasteiger partial charge in [0.2, 0.25) is 0 Å². The number of nitrogens with one attached hydrogen (secondary N) is 1. The lowest BCUT2D eigenvalue weighted by atomic mass is 10.0. The van der Waals surface area contributed by atoms with E-state index in [-0.39, 0.29) is 17.9 Å². The molecule has 1 N–H and O–H groups in total. The Hall–Kier alpha value is -0.610. The van der Waals surface area contributed by atoms with Crippen molar-refractivity contribution in [2.45, 2.75) is 26.3 Å². The molecule has 0 spiro atoms. The zero-order chi connectivity index (χ0) is 11.3. The summed E-state index contributed by atoms with van der Waals surface area (Å²) in [6.07, 6.45) is 1.12. The second-order valence-electron chi connectivity index (χ2n) is 4.24. The van der Waals surface area contributed by atoms with E-state index in [1.54, 1.807) is 0 Å². The molecule has 1 saturated heterocycles. The Bertz CT molecular complexity index is 202. The van der Waals surface area contributed by atoms with Crippen LogP contribution in [-0.4, -0.2) is 38.9 Å². The first kappa shape index (κ1) is 12.5. The molecule has 0 aromatic rings. The van der Waals surface area contributed by atoms with Crippen molar-refractivity contribution < 1.29 is 14.3 Å². The molecule has 0 aromatic heterocycles. The monoisotopic (exact) mass is 215 g/mol. The van der Waals surface area contributed by atoms with E-state index in [1.165, 1.54) is 7.11 Å². The maximum absolute atomic E-state index is 11.3. The van der Waals surface area contributed by atoms with Gasteiger partial charge in [-0.15, -0.1) is 0 Å². The summed E-state index contributed by atoms with van der Waals surface area (Å²) in [6, 6.07) is 0.151. The first-order valence-corrected chi connectivity index (χ1v) is 5.54. The highest BCUT2D eigenvalue weighted by Crippen LogP contribution is 2.12. The van der Waals surface area contributed by atoms with Crippen LogP contribution in [0.5, 0.6) is 0 Å². The third-order valence-electron chi connectivity index (χ3n) is 3.08. The fourth-order valence-electron chi connectivity index (χ4n) is 1.66. The molecule has 4 heteroatoms. The van der Waals surface area contributed by atoms with Crippen LogP contribution in [0.2, 0.25) is 0 Å². The smallest absolute Gasteiger partial charge is 0.309 e. The molecule has 1 aliphatic heterocycles. The maximum atomic E-state index is 11.3. The summed E-state index contributed by atoms with van der Waals surface area (Å²) in [4.78, 5) is 11.3. The van der Waals surface area contributed by atoms with Gasteiger partial charge in [0.25, 0.3) is 0 Å². The van der Waals surface area contributed by atoms with Crippen molar-refractivity contribution in [1.82, 2.24) is 5.32 Å². The average molecular weight is 215 g/mol. The van der Waals surface area contributed by atoms with E-state index >= 15 is 0 Å². The molecule has 1 aliphatic rings. The fraction of sp³-hybridized carbons (Fsp3) is 0.909. The summed E-state index contributed by atoms with van der Waals surface area (Å²) in [5.41, 5.74) is 0. The van der Waals surface area contributed by atoms with Crippen LogP contribution in [0, 0.1) is 11.8 Å². The van der Waals surface area contributed by atoms with E-state index in [0.29, 0.717) is 5.92 Å². The Morgan fingerprint density at radius 2 is 2.33 bits per heavy atom. The van der Waals surface area contributed by atoms with Gasteiger partial charge in [0.1, 0.15) is 0 Å². The van der Waals surface area contributed by atoms with Gasteiger partial charge in [0.15, 0.2) is 0 Å². The van der Waals surface area contributed by atoms with Crippen molar-refractivity contribution in [2.24, 2.45) is 11.8 Å². The molecule has 1 heterocycles. The van der Waals surface area contributed by atoms with Crippen molar-refractivity contribution in [3.05, 3.63) is 0 Å². The Labute approximate surface area is 91.3 Å². The van der Waals surface area contributed by atoms with E-state index in [1.807, 2.05) is 13.8 Å². The minimum absolute atomic E-state index is 0.0997. The molecule has 0 radical (unpaired) electrons. The van der Waals surface area contributed by atoms with Gasteiger partial charge < -0.3 is 14.8 Å². The van der Waals surface area contributed by atoms with Crippen LogP contribution < -0.4 is 5.32 Å². The number of ether oxygens (including phenoxy) is 2. The van der Waals surface area contributed by atoms with Gasteiger partial charge in [-0.3, -0.25) is 4.79 Å². The van der Waals surface area contributed by atoms with Crippen LogP contribution in [0.3, 0.4) is 0 Å². The normalized spacial score (nSPS) is 24.9. The second-order valence-corrected chi connectivity index (χ2v) is 4.24. The van der Waals surface area contributed by atoms with E-state index < -0.39 is 0 Å². The molecule has 0 bridgehead atoms. The van der Waals surface area contributed by atoms with Crippen molar-refractivity contribution in [1.29, 1.82) is 0 Å². The number of hydrogen-bond acceptors (Lipinski definition) is 4. The van der Waals surface area contributed by atoms with Crippen molar-refractivity contribution in [3.63, 3.8) is 0 Å². The summed E-state index contributed by atoms with van der Waals surface area (Å²) in [5, 5.41) is 3.36. The molecule has 3 atom stereocenters. The number of esters is 1. The van der Waals surface area contributed by atoms with Crippen LogP contribution in [0.15, 0.2) is 0 Å². The number of methoxy groups -OCH3 is 1. The standard InChI is InChI=1S/C11H21NO3/c1-8(11(13)14-3)9(2)12-6-10-4-5-15-7-10/h8-10,12H,4-7H2,1-3H3. The predicted molar refractivity (Wildman–Crippen MR) is 57.6 cm³/mol. The van der Waals surface area contributed by atoms with Crippen molar-refractivity contribution in [2.75, 3.05) is 26.9 Å². The topological polar surface area (TPSA) is 47.6 Å². The first-order chi connectivity index (χ1) is 7.15. The first-order valence-electron chi connectivity index (χ1n) is 5.54. The molecular formula is C11H21NO3. The summed E-state index contributed by atoms with van der Waals surface area (Å²) >= 11 is 0. The Kier molecular flexibility index (Phi) is 5.05. The maximum Gasteiger partial charge on any atom is 0.309 e. The molecule has 3 unspecified atom stereocenters. The highest BCUT2D eigenvalue weighted by atomic mass is 16.5. The Balaban J connectivity index is 2.22. The number of rotatable bonds is 5. The summed E-state index contributed by atoms with van der Waals surface area (Å²) in [5.74, 6) is 0.340. The number of carbonyl (C=O) groups excluding carboxylic acids is 1. The molecule has 1 fully saturated rings. The predicted octanol–water partition coefficient (Wildman–Crippen LogP) is 0.810. The van der Waals surface area contributed by atoms with Gasteiger partial charge in [-0.1, -0.05) is 6.92 Å². The van der Waals surface area contributed by atoms with Gasteiger partial charge in [-0.2, -0.15) is 0 Å². The van der Waals surface area contributed by atoms with E-state index in [0.717, 1.165) is 26.2 Å². The molecule has 0 aromatic carbocycles. The van der Waals surface area contributed by atoms with Gasteiger partial charge in [-0.25, -0.2) is 0 Å². The van der Waals surface area contributed by atoms with E-state index in [9.17, 15) is 4.79 Å². The van der Waals surface area contributed by atoms with E-state index in [4.69, 9.17) is 9.47 Å². The van der Waals surface area contributed by atoms with Crippen molar-refractivity contribution in [3.8, 4) is 0 Å². The van der Waals surface area contributed by atoms with Crippen LogP contribution in [0.1, 0.15) is 20.3 Å². The quantitative estimate of drug-likeness (QED) is 0.689. The highest BCUT2D eigenvalue weighted by molar-refractivity contribution is 5.72. The highest BCUT2D eigenvalue weighted by Gasteiger charge is 2.22. The third-order valence-corrected chi connectivity index (χ3v) is 3.08. The van der Waals surface area contributed by atoms with Crippen LogP contribution in [-0.2, 0) is 14.3 Å². The molecule has 15 heavy (non-hydrogen) atoms. The molecule has 88 valence electrons. The van der Waals surface area contributed by atoms with Crippen LogP contribution in [0.25, 0.3) is 0 Å². The zero-order valence-electron chi connectivity index (χ0n) is 9.79. The SMILES string of the molecule is COC(=O)C(C)C(C)NCC1CCOC1. The second kappa shape index (κ2) is 6.08. The molecule has 1 rings (SSSR count). The van der Waals surface area contributed by atoms with Crippen LogP contribution >= 0.6 is 0 Å². The largest absolute Gasteiger partial charge is 0.469 e. The Morgan fingerprint density at radius 3 is 2.87 bits per heavy atom. The number of carbonyl (C=O) groups is 1. The average Bonchev–Trinajstić information content (AvgIpc) is 2.76. The van der Waals surface area contributed by atoms with Gasteiger partial charge in [0.05, 0.1) is 19.6 Å². The molecule has 0 aliphatic carbocycles. The third kappa shape index (κ3) is 3.80. The van der Waals surface area contributed by atoms with Gasteiger partial charge >= 0.3 is 5.97 Å². The zero-order valence-corrected chi connectivity index (χ0v) is 9.79. The van der Waals surface area contributed by atoms with Gasteiger partial charge in [-0.05, 0) is 19.3 Å². The summed E-state index contributed by atoms with van der Waals surface area (Å²) < 4.78 is 9.99. The minimum Gasteiger partial charge on any atom is -0.469 e. The lowest BCUT2D eigenvalue weighted by Gasteiger charge is -2.20. The van der Waals surface area contributed by atoms with Crippen LogP contribution in [0.4, 0.5) is 0 Å². The summed E-state index contributed by atoms with van der Waals surface area (Å²) in [7, 11) is 1.43. The van der Waals surface area contributed by atoms with E-state index in [2.05, 4.69) is 5.32 Å². The molecule has 4 nitrogen and oxygen atoms in total. The summed E-state index contributed by atoms with van der Waals surface area (Å²) in [6.45, 7) is 6.52. The lowest BCUT2D eigenvalue weighted by Crippen LogP contribution is -2.39. The minimum atomic E-state index is -0.155. The Morgan fingerprint density at radius 1 is 1.60 bits per heavy atom. The molecule has 0 saturated carbocycles. The number of hydrogen-bond donors (Lipinski definition) is 1.